The molecule has 0 aromatic heterocycles. The van der Waals surface area contributed by atoms with Gasteiger partial charge in [0.25, 0.3) is 0 Å². The number of ether oxygens (including phenoxy) is 2. The van der Waals surface area contributed by atoms with Gasteiger partial charge in [-0.2, -0.15) is 0 Å². The number of methoxy groups -OCH3 is 2. The van der Waals surface area contributed by atoms with Gasteiger partial charge < -0.3 is 9.47 Å². The molecule has 0 aliphatic heterocycles. The van der Waals surface area contributed by atoms with Gasteiger partial charge in [0, 0.05) is 5.92 Å². The summed E-state index contributed by atoms with van der Waals surface area (Å²) in [6, 6.07) is 14.8. The number of carbonyl (C=O) groups excluding carboxylic acids is 1. The van der Waals surface area contributed by atoms with Crippen molar-refractivity contribution in [3.63, 3.8) is 0 Å². The average Bonchev–Trinajstić information content (AvgIpc) is 3.31. The summed E-state index contributed by atoms with van der Waals surface area (Å²) in [5.41, 5.74) is 1.89. The second kappa shape index (κ2) is 5.60. The molecule has 21 heavy (non-hydrogen) atoms. The number of benzene rings is 2. The minimum absolute atomic E-state index is 0.193. The molecule has 1 fully saturated rings. The zero-order valence-electron chi connectivity index (χ0n) is 12.2. The first-order valence-corrected chi connectivity index (χ1v) is 7.04. The SMILES string of the molecule is COC=C(C(=O)OC)[C@@H]1C[C@@H]1c1ccc2ccccc2c1. The van der Waals surface area contributed by atoms with E-state index in [1.54, 1.807) is 7.11 Å². The third kappa shape index (κ3) is 2.64. The number of carbonyl (C=O) groups is 1. The first-order valence-electron chi connectivity index (χ1n) is 7.04. The molecule has 0 radical (unpaired) electrons. The lowest BCUT2D eigenvalue weighted by Crippen LogP contribution is -2.08. The van der Waals surface area contributed by atoms with Crippen LogP contribution in [0.4, 0.5) is 0 Å². The Morgan fingerprint density at radius 3 is 2.62 bits per heavy atom. The lowest BCUT2D eigenvalue weighted by atomic mass is 10.0. The van der Waals surface area contributed by atoms with E-state index in [0.717, 1.165) is 6.42 Å². The summed E-state index contributed by atoms with van der Waals surface area (Å²) in [6.07, 6.45) is 2.47. The first kappa shape index (κ1) is 13.7. The molecule has 0 saturated heterocycles. The van der Waals surface area contributed by atoms with E-state index >= 15 is 0 Å². The standard InChI is InChI=1S/C18H18O3/c1-20-11-17(18(19)21-2)16-10-15(16)14-8-7-12-5-3-4-6-13(12)9-14/h3-9,11,15-16H,10H2,1-2H3/t15-,16-/m1/s1. The van der Waals surface area contributed by atoms with Gasteiger partial charge in [-0.05, 0) is 28.7 Å². The third-order valence-electron chi connectivity index (χ3n) is 4.06. The minimum atomic E-state index is -0.301. The van der Waals surface area contributed by atoms with Gasteiger partial charge in [-0.3, -0.25) is 0 Å². The predicted octanol–water partition coefficient (Wildman–Crippen LogP) is 3.65. The van der Waals surface area contributed by atoms with E-state index < -0.39 is 0 Å². The lowest BCUT2D eigenvalue weighted by molar-refractivity contribution is -0.136. The molecule has 0 heterocycles. The van der Waals surface area contributed by atoms with Crippen LogP contribution < -0.4 is 0 Å². The summed E-state index contributed by atoms with van der Waals surface area (Å²) in [5, 5.41) is 2.47. The topological polar surface area (TPSA) is 35.5 Å². The highest BCUT2D eigenvalue weighted by Gasteiger charge is 2.44. The molecule has 3 nitrogen and oxygen atoms in total. The van der Waals surface area contributed by atoms with Gasteiger partial charge in [0.05, 0.1) is 26.1 Å². The predicted molar refractivity (Wildman–Crippen MR) is 81.9 cm³/mol. The van der Waals surface area contributed by atoms with Crippen molar-refractivity contribution < 1.29 is 14.3 Å². The highest BCUT2D eigenvalue weighted by molar-refractivity contribution is 5.90. The fourth-order valence-electron chi connectivity index (χ4n) is 2.88. The number of rotatable bonds is 4. The maximum atomic E-state index is 11.8. The Morgan fingerprint density at radius 1 is 1.14 bits per heavy atom. The van der Waals surface area contributed by atoms with E-state index in [9.17, 15) is 4.79 Å². The number of hydrogen-bond acceptors (Lipinski definition) is 3. The highest BCUT2D eigenvalue weighted by Crippen LogP contribution is 2.52. The summed E-state index contributed by atoms with van der Waals surface area (Å²) in [7, 11) is 2.95. The van der Waals surface area contributed by atoms with Gasteiger partial charge in [0.2, 0.25) is 0 Å². The van der Waals surface area contributed by atoms with Gasteiger partial charge >= 0.3 is 5.97 Å². The van der Waals surface area contributed by atoms with Crippen molar-refractivity contribution >= 4 is 16.7 Å². The van der Waals surface area contributed by atoms with E-state index in [4.69, 9.17) is 9.47 Å². The van der Waals surface area contributed by atoms with E-state index in [0.29, 0.717) is 11.5 Å². The second-order valence-corrected chi connectivity index (χ2v) is 5.36. The summed E-state index contributed by atoms with van der Waals surface area (Å²) in [5.74, 6) is 0.263. The molecule has 3 rings (SSSR count). The van der Waals surface area contributed by atoms with Gasteiger partial charge in [-0.15, -0.1) is 0 Å². The largest absolute Gasteiger partial charge is 0.504 e. The maximum Gasteiger partial charge on any atom is 0.337 e. The number of hydrogen-bond donors (Lipinski definition) is 0. The van der Waals surface area contributed by atoms with Crippen molar-refractivity contribution in [2.75, 3.05) is 14.2 Å². The van der Waals surface area contributed by atoms with Crippen LogP contribution in [-0.2, 0) is 14.3 Å². The average molecular weight is 282 g/mol. The third-order valence-corrected chi connectivity index (χ3v) is 4.06. The van der Waals surface area contributed by atoms with Gasteiger partial charge in [-0.1, -0.05) is 42.5 Å². The summed E-state index contributed by atoms with van der Waals surface area (Å²) in [4.78, 5) is 11.8. The van der Waals surface area contributed by atoms with Crippen LogP contribution in [0.15, 0.2) is 54.3 Å². The Kier molecular flexibility index (Phi) is 3.65. The maximum absolute atomic E-state index is 11.8. The Labute approximate surface area is 124 Å². The van der Waals surface area contributed by atoms with Crippen molar-refractivity contribution in [2.24, 2.45) is 5.92 Å². The molecule has 0 amide bonds. The Morgan fingerprint density at radius 2 is 1.90 bits per heavy atom. The zero-order valence-corrected chi connectivity index (χ0v) is 12.2. The van der Waals surface area contributed by atoms with Crippen molar-refractivity contribution in [3.8, 4) is 0 Å². The van der Waals surface area contributed by atoms with Gasteiger partial charge in [-0.25, -0.2) is 4.79 Å². The normalized spacial score (nSPS) is 21.1. The van der Waals surface area contributed by atoms with Crippen LogP contribution >= 0.6 is 0 Å². The molecule has 0 spiro atoms. The molecule has 1 saturated carbocycles. The summed E-state index contributed by atoms with van der Waals surface area (Å²) >= 11 is 0. The molecule has 108 valence electrons. The molecule has 0 bridgehead atoms. The molecule has 1 aliphatic rings. The molecular formula is C18H18O3. The second-order valence-electron chi connectivity index (χ2n) is 5.36. The van der Waals surface area contributed by atoms with Crippen molar-refractivity contribution in [1.29, 1.82) is 0 Å². The molecule has 2 aromatic carbocycles. The summed E-state index contributed by atoms with van der Waals surface area (Å²) < 4.78 is 9.85. The Hall–Kier alpha value is -2.29. The van der Waals surface area contributed by atoms with Crippen LogP contribution in [0.2, 0.25) is 0 Å². The molecule has 1 aliphatic carbocycles. The summed E-state index contributed by atoms with van der Waals surface area (Å²) in [6.45, 7) is 0. The van der Waals surface area contributed by atoms with Gasteiger partial charge in [0.15, 0.2) is 0 Å². The van der Waals surface area contributed by atoms with E-state index in [2.05, 4.69) is 30.3 Å². The van der Waals surface area contributed by atoms with Crippen LogP contribution in [0.25, 0.3) is 10.8 Å². The van der Waals surface area contributed by atoms with E-state index in [1.807, 2.05) is 12.1 Å². The minimum Gasteiger partial charge on any atom is -0.504 e. The van der Waals surface area contributed by atoms with Crippen LogP contribution in [0.3, 0.4) is 0 Å². The van der Waals surface area contributed by atoms with E-state index in [-0.39, 0.29) is 11.9 Å². The highest BCUT2D eigenvalue weighted by atomic mass is 16.5. The number of esters is 1. The van der Waals surface area contributed by atoms with E-state index in [1.165, 1.54) is 29.7 Å². The zero-order chi connectivity index (χ0) is 14.8. The van der Waals surface area contributed by atoms with Crippen LogP contribution in [-0.4, -0.2) is 20.2 Å². The molecule has 3 heteroatoms. The monoisotopic (exact) mass is 282 g/mol. The molecule has 0 unspecified atom stereocenters. The van der Waals surface area contributed by atoms with Gasteiger partial charge in [0.1, 0.15) is 0 Å². The van der Waals surface area contributed by atoms with Crippen LogP contribution in [0, 0.1) is 5.92 Å². The number of fused-ring (bicyclic) bond motifs is 1. The van der Waals surface area contributed by atoms with Crippen LogP contribution in [0.5, 0.6) is 0 Å². The fourth-order valence-corrected chi connectivity index (χ4v) is 2.88. The van der Waals surface area contributed by atoms with Crippen molar-refractivity contribution in [1.82, 2.24) is 0 Å². The lowest BCUT2D eigenvalue weighted by Gasteiger charge is -2.06. The molecule has 2 atom stereocenters. The van der Waals surface area contributed by atoms with Crippen molar-refractivity contribution in [2.45, 2.75) is 12.3 Å². The fraction of sp³-hybridized carbons (Fsp3) is 0.278. The Balaban J connectivity index is 1.85. The molecular weight excluding hydrogens is 264 g/mol. The first-order chi connectivity index (χ1) is 10.2. The smallest absolute Gasteiger partial charge is 0.337 e. The molecule has 2 aromatic rings. The Bertz CT molecular complexity index is 702. The molecule has 0 N–H and O–H groups in total. The quantitative estimate of drug-likeness (QED) is 0.488. The van der Waals surface area contributed by atoms with Crippen molar-refractivity contribution in [3.05, 3.63) is 59.9 Å². The van der Waals surface area contributed by atoms with Crippen LogP contribution in [0.1, 0.15) is 17.9 Å².